The fourth-order valence-corrected chi connectivity index (χ4v) is 2.38. The molecule has 1 aromatic heterocycles. The SMILES string of the molecule is COc1ccccc1Cc1nc(Cl)cc(C2CC2)n1. The van der Waals surface area contributed by atoms with Crippen LogP contribution in [0, 0.1) is 0 Å². The number of aromatic nitrogens is 2. The molecule has 98 valence electrons. The van der Waals surface area contributed by atoms with Crippen LogP contribution in [0.25, 0.3) is 0 Å². The van der Waals surface area contributed by atoms with Crippen molar-refractivity contribution in [1.82, 2.24) is 9.97 Å². The van der Waals surface area contributed by atoms with Gasteiger partial charge in [0.1, 0.15) is 16.7 Å². The van der Waals surface area contributed by atoms with Gasteiger partial charge in [0.15, 0.2) is 0 Å². The third kappa shape index (κ3) is 2.87. The predicted octanol–water partition coefficient (Wildman–Crippen LogP) is 3.61. The summed E-state index contributed by atoms with van der Waals surface area (Å²) in [6.45, 7) is 0. The zero-order valence-corrected chi connectivity index (χ0v) is 11.5. The van der Waals surface area contributed by atoms with Crippen molar-refractivity contribution in [2.24, 2.45) is 0 Å². The van der Waals surface area contributed by atoms with Crippen LogP contribution in [0.5, 0.6) is 5.75 Å². The highest BCUT2D eigenvalue weighted by Gasteiger charge is 2.26. The second kappa shape index (κ2) is 5.17. The third-order valence-electron chi connectivity index (χ3n) is 3.30. The Hall–Kier alpha value is -1.61. The predicted molar refractivity (Wildman–Crippen MR) is 74.8 cm³/mol. The van der Waals surface area contributed by atoms with E-state index in [1.165, 1.54) is 12.8 Å². The Morgan fingerprint density at radius 1 is 1.26 bits per heavy atom. The number of halogens is 1. The molecule has 0 spiro atoms. The Morgan fingerprint density at radius 3 is 2.79 bits per heavy atom. The molecule has 0 saturated heterocycles. The summed E-state index contributed by atoms with van der Waals surface area (Å²) < 4.78 is 5.35. The maximum Gasteiger partial charge on any atom is 0.134 e. The Kier molecular flexibility index (Phi) is 3.38. The van der Waals surface area contributed by atoms with Gasteiger partial charge < -0.3 is 4.74 Å². The van der Waals surface area contributed by atoms with Crippen LogP contribution in [0.2, 0.25) is 5.15 Å². The van der Waals surface area contributed by atoms with Crippen molar-refractivity contribution < 1.29 is 4.74 Å². The van der Waals surface area contributed by atoms with Crippen LogP contribution in [0.4, 0.5) is 0 Å². The highest BCUT2D eigenvalue weighted by Crippen LogP contribution is 2.39. The second-order valence-corrected chi connectivity index (χ2v) is 5.18. The number of nitrogens with zero attached hydrogens (tertiary/aromatic N) is 2. The molecule has 1 aliphatic carbocycles. The lowest BCUT2D eigenvalue weighted by atomic mass is 10.1. The molecule has 0 radical (unpaired) electrons. The summed E-state index contributed by atoms with van der Waals surface area (Å²) in [5.74, 6) is 2.20. The molecule has 2 aromatic rings. The Labute approximate surface area is 117 Å². The van der Waals surface area contributed by atoms with E-state index in [-0.39, 0.29) is 0 Å². The van der Waals surface area contributed by atoms with E-state index in [0.29, 0.717) is 17.5 Å². The molecule has 4 heteroatoms. The summed E-state index contributed by atoms with van der Waals surface area (Å²) in [6.07, 6.45) is 3.06. The first-order valence-corrected chi connectivity index (χ1v) is 6.79. The molecule has 1 saturated carbocycles. The van der Waals surface area contributed by atoms with E-state index in [9.17, 15) is 0 Å². The van der Waals surface area contributed by atoms with Crippen molar-refractivity contribution in [1.29, 1.82) is 0 Å². The van der Waals surface area contributed by atoms with Crippen molar-refractivity contribution in [3.8, 4) is 5.75 Å². The average Bonchev–Trinajstić information content (AvgIpc) is 3.23. The molecule has 0 atom stereocenters. The standard InChI is InChI=1S/C15H15ClN2O/c1-19-13-5-3-2-4-11(13)8-15-17-12(10-6-7-10)9-14(16)18-15/h2-5,9-10H,6-8H2,1H3. The van der Waals surface area contributed by atoms with Gasteiger partial charge in [0.05, 0.1) is 7.11 Å². The van der Waals surface area contributed by atoms with E-state index in [0.717, 1.165) is 22.8 Å². The molecular weight excluding hydrogens is 260 g/mol. The van der Waals surface area contributed by atoms with Crippen LogP contribution in [-0.2, 0) is 6.42 Å². The van der Waals surface area contributed by atoms with Gasteiger partial charge in [-0.05, 0) is 25.0 Å². The number of hydrogen-bond donors (Lipinski definition) is 0. The lowest BCUT2D eigenvalue weighted by Crippen LogP contribution is -2.01. The maximum absolute atomic E-state index is 6.08. The summed E-state index contributed by atoms with van der Waals surface area (Å²) in [6, 6.07) is 9.80. The van der Waals surface area contributed by atoms with Crippen LogP contribution in [0.1, 0.15) is 35.8 Å². The Bertz CT molecular complexity index is 596. The third-order valence-corrected chi connectivity index (χ3v) is 3.49. The number of ether oxygens (including phenoxy) is 1. The molecule has 1 heterocycles. The zero-order valence-electron chi connectivity index (χ0n) is 10.8. The van der Waals surface area contributed by atoms with E-state index in [2.05, 4.69) is 9.97 Å². The average molecular weight is 275 g/mol. The molecule has 0 amide bonds. The minimum atomic E-state index is 0.529. The first kappa shape index (κ1) is 12.4. The van der Waals surface area contributed by atoms with E-state index in [1.807, 2.05) is 30.3 Å². The molecule has 0 bridgehead atoms. The summed E-state index contributed by atoms with van der Waals surface area (Å²) in [5.41, 5.74) is 2.15. The summed E-state index contributed by atoms with van der Waals surface area (Å²) >= 11 is 6.08. The number of hydrogen-bond acceptors (Lipinski definition) is 3. The number of rotatable bonds is 4. The van der Waals surface area contributed by atoms with Crippen LogP contribution >= 0.6 is 11.6 Å². The van der Waals surface area contributed by atoms with Crippen LogP contribution < -0.4 is 4.74 Å². The molecule has 1 aliphatic rings. The van der Waals surface area contributed by atoms with Crippen LogP contribution in [-0.4, -0.2) is 17.1 Å². The van der Waals surface area contributed by atoms with Gasteiger partial charge in [-0.3, -0.25) is 0 Å². The first-order chi connectivity index (χ1) is 9.26. The molecule has 1 fully saturated rings. The minimum absolute atomic E-state index is 0.529. The monoisotopic (exact) mass is 274 g/mol. The number of methoxy groups -OCH3 is 1. The van der Waals surface area contributed by atoms with Gasteiger partial charge in [-0.15, -0.1) is 0 Å². The lowest BCUT2D eigenvalue weighted by Gasteiger charge is -2.08. The molecule has 3 rings (SSSR count). The topological polar surface area (TPSA) is 35.0 Å². The lowest BCUT2D eigenvalue weighted by molar-refractivity contribution is 0.410. The van der Waals surface area contributed by atoms with Crippen molar-refractivity contribution in [3.63, 3.8) is 0 Å². The maximum atomic E-state index is 6.08. The van der Waals surface area contributed by atoms with Gasteiger partial charge >= 0.3 is 0 Å². The number of benzene rings is 1. The van der Waals surface area contributed by atoms with E-state index < -0.39 is 0 Å². The van der Waals surface area contributed by atoms with E-state index >= 15 is 0 Å². The minimum Gasteiger partial charge on any atom is -0.496 e. The Morgan fingerprint density at radius 2 is 2.05 bits per heavy atom. The molecular formula is C15H15ClN2O. The molecule has 1 aromatic carbocycles. The Balaban J connectivity index is 1.90. The van der Waals surface area contributed by atoms with Gasteiger partial charge in [0.2, 0.25) is 0 Å². The van der Waals surface area contributed by atoms with Crippen LogP contribution in [0.15, 0.2) is 30.3 Å². The smallest absolute Gasteiger partial charge is 0.134 e. The summed E-state index contributed by atoms with van der Waals surface area (Å²) in [4.78, 5) is 8.93. The van der Waals surface area contributed by atoms with Crippen molar-refractivity contribution in [2.75, 3.05) is 7.11 Å². The molecule has 0 unspecified atom stereocenters. The highest BCUT2D eigenvalue weighted by molar-refractivity contribution is 6.29. The van der Waals surface area contributed by atoms with Gasteiger partial charge in [-0.2, -0.15) is 0 Å². The summed E-state index contributed by atoms with van der Waals surface area (Å²) in [7, 11) is 1.67. The molecule has 3 nitrogen and oxygen atoms in total. The first-order valence-electron chi connectivity index (χ1n) is 6.41. The van der Waals surface area contributed by atoms with Gasteiger partial charge in [-0.25, -0.2) is 9.97 Å². The van der Waals surface area contributed by atoms with Crippen LogP contribution in [0.3, 0.4) is 0 Å². The zero-order chi connectivity index (χ0) is 13.2. The van der Waals surface area contributed by atoms with Crippen molar-refractivity contribution in [2.45, 2.75) is 25.2 Å². The van der Waals surface area contributed by atoms with E-state index in [1.54, 1.807) is 7.11 Å². The fourth-order valence-electron chi connectivity index (χ4n) is 2.17. The van der Waals surface area contributed by atoms with E-state index in [4.69, 9.17) is 16.3 Å². The molecule has 19 heavy (non-hydrogen) atoms. The molecule has 0 N–H and O–H groups in total. The van der Waals surface area contributed by atoms with Gasteiger partial charge in [0.25, 0.3) is 0 Å². The quantitative estimate of drug-likeness (QED) is 0.799. The largest absolute Gasteiger partial charge is 0.496 e. The number of para-hydroxylation sites is 1. The second-order valence-electron chi connectivity index (χ2n) is 4.79. The fraction of sp³-hybridized carbons (Fsp3) is 0.333. The van der Waals surface area contributed by atoms with Gasteiger partial charge in [0, 0.05) is 23.6 Å². The van der Waals surface area contributed by atoms with Crippen molar-refractivity contribution in [3.05, 3.63) is 52.6 Å². The normalized spacial score (nSPS) is 14.4. The van der Waals surface area contributed by atoms with Gasteiger partial charge in [-0.1, -0.05) is 29.8 Å². The highest BCUT2D eigenvalue weighted by atomic mass is 35.5. The van der Waals surface area contributed by atoms with Crippen molar-refractivity contribution >= 4 is 11.6 Å². The molecule has 0 aliphatic heterocycles. The summed E-state index contributed by atoms with van der Waals surface area (Å²) in [5, 5.41) is 0.529.